The molecule has 0 unspecified atom stereocenters. The minimum atomic E-state index is -0.276. The van der Waals surface area contributed by atoms with Crippen LogP contribution in [0.3, 0.4) is 0 Å². The summed E-state index contributed by atoms with van der Waals surface area (Å²) in [5, 5.41) is 3.54. The van der Waals surface area contributed by atoms with Gasteiger partial charge in [-0.15, -0.1) is 0 Å². The molecule has 1 N–H and O–H groups in total. The molecule has 0 aliphatic carbocycles. The molecule has 0 spiro atoms. The molecule has 1 amide bonds. The van der Waals surface area contributed by atoms with Crippen LogP contribution in [-0.4, -0.2) is 10.9 Å². The highest BCUT2D eigenvalue weighted by molar-refractivity contribution is 6.31. The Labute approximate surface area is 201 Å². The first-order chi connectivity index (χ1) is 16.4. The van der Waals surface area contributed by atoms with Crippen molar-refractivity contribution < 1.29 is 13.6 Å². The van der Waals surface area contributed by atoms with Crippen LogP contribution in [0.5, 0.6) is 0 Å². The zero-order valence-corrected chi connectivity index (χ0v) is 19.4. The van der Waals surface area contributed by atoms with Gasteiger partial charge < -0.3 is 14.2 Å². The van der Waals surface area contributed by atoms with E-state index in [0.717, 1.165) is 33.4 Å². The van der Waals surface area contributed by atoms with Crippen molar-refractivity contribution in [2.75, 3.05) is 5.32 Å². The molecule has 0 saturated heterocycles. The molecule has 5 nitrogen and oxygen atoms in total. The van der Waals surface area contributed by atoms with Crippen molar-refractivity contribution in [1.29, 1.82) is 0 Å². The fourth-order valence-electron chi connectivity index (χ4n) is 3.58. The fraction of sp³-hybridized carbons (Fsp3) is 0.0714. The molecule has 0 aliphatic heterocycles. The van der Waals surface area contributed by atoms with E-state index in [9.17, 15) is 4.79 Å². The summed E-state index contributed by atoms with van der Waals surface area (Å²) in [6, 6.07) is 22.7. The third kappa shape index (κ3) is 4.65. The second-order valence-corrected chi connectivity index (χ2v) is 8.47. The van der Waals surface area contributed by atoms with Crippen molar-refractivity contribution in [3.63, 3.8) is 0 Å². The second kappa shape index (κ2) is 9.04. The van der Waals surface area contributed by atoms with Gasteiger partial charge in [-0.3, -0.25) is 4.79 Å². The van der Waals surface area contributed by atoms with Crippen LogP contribution in [0.15, 0.2) is 87.7 Å². The van der Waals surface area contributed by atoms with Crippen LogP contribution in [-0.2, 0) is 4.79 Å². The number of nitrogens with zero attached hydrogens (tertiary/aromatic N) is 1. The molecule has 3 aromatic carbocycles. The van der Waals surface area contributed by atoms with Crippen LogP contribution >= 0.6 is 11.6 Å². The number of aromatic nitrogens is 1. The third-order valence-electron chi connectivity index (χ3n) is 5.40. The zero-order valence-electron chi connectivity index (χ0n) is 18.6. The van der Waals surface area contributed by atoms with Gasteiger partial charge in [0.1, 0.15) is 17.0 Å². The molecular formula is C28H21ClN2O3. The Balaban J connectivity index is 1.28. The Morgan fingerprint density at radius 3 is 2.68 bits per heavy atom. The van der Waals surface area contributed by atoms with E-state index in [2.05, 4.69) is 10.3 Å². The topological polar surface area (TPSA) is 68.3 Å². The SMILES string of the molecule is Cc1ccc2oc(-c3cccc(NC(=O)/C=C/c4ccc(-c5ccc(C)c(Cl)c5)o4)c3)nc2c1. The average molecular weight is 469 g/mol. The van der Waals surface area contributed by atoms with Gasteiger partial charge in [-0.1, -0.05) is 35.9 Å². The van der Waals surface area contributed by atoms with Crippen molar-refractivity contribution in [1.82, 2.24) is 4.98 Å². The van der Waals surface area contributed by atoms with Crippen molar-refractivity contribution in [3.05, 3.63) is 101 Å². The number of aryl methyl sites for hydroxylation is 2. The molecule has 0 aliphatic rings. The number of rotatable bonds is 5. The number of carbonyl (C=O) groups is 1. The molecule has 0 bridgehead atoms. The number of hydrogen-bond acceptors (Lipinski definition) is 4. The predicted molar refractivity (Wildman–Crippen MR) is 136 cm³/mol. The molecule has 168 valence electrons. The van der Waals surface area contributed by atoms with Gasteiger partial charge in [0.05, 0.1) is 0 Å². The molecule has 2 heterocycles. The van der Waals surface area contributed by atoms with E-state index in [1.807, 2.05) is 86.6 Å². The van der Waals surface area contributed by atoms with Gasteiger partial charge in [-0.05, 0) is 79.6 Å². The van der Waals surface area contributed by atoms with E-state index >= 15 is 0 Å². The summed E-state index contributed by atoms with van der Waals surface area (Å²) in [4.78, 5) is 17.0. The zero-order chi connectivity index (χ0) is 23.7. The van der Waals surface area contributed by atoms with E-state index in [1.54, 1.807) is 6.08 Å². The maximum Gasteiger partial charge on any atom is 0.248 e. The van der Waals surface area contributed by atoms with Crippen molar-refractivity contribution in [2.45, 2.75) is 13.8 Å². The molecule has 0 fully saturated rings. The Kier molecular flexibility index (Phi) is 5.78. The molecule has 2 aromatic heterocycles. The van der Waals surface area contributed by atoms with Crippen LogP contribution < -0.4 is 5.32 Å². The predicted octanol–water partition coefficient (Wildman–Crippen LogP) is 7.68. The lowest BCUT2D eigenvalue weighted by Crippen LogP contribution is -2.07. The number of hydrogen-bond donors (Lipinski definition) is 1. The number of nitrogens with one attached hydrogen (secondary N) is 1. The highest BCUT2D eigenvalue weighted by atomic mass is 35.5. The van der Waals surface area contributed by atoms with Gasteiger partial charge in [0.25, 0.3) is 0 Å². The molecule has 0 saturated carbocycles. The molecule has 6 heteroatoms. The normalized spacial score (nSPS) is 11.4. The Bertz CT molecular complexity index is 1540. The Hall–Kier alpha value is -4.09. The Morgan fingerprint density at radius 2 is 1.82 bits per heavy atom. The lowest BCUT2D eigenvalue weighted by molar-refractivity contribution is -0.111. The van der Waals surface area contributed by atoms with Crippen molar-refractivity contribution in [2.24, 2.45) is 0 Å². The van der Waals surface area contributed by atoms with Gasteiger partial charge in [0, 0.05) is 27.9 Å². The number of benzene rings is 3. The molecule has 5 aromatic rings. The van der Waals surface area contributed by atoms with Crippen molar-refractivity contribution in [3.8, 4) is 22.8 Å². The van der Waals surface area contributed by atoms with Crippen LogP contribution in [0.2, 0.25) is 5.02 Å². The standard InChI is InChI=1S/C28H21ClN2O3/c1-17-6-11-26-24(14-17)31-28(34-26)20-4-3-5-21(15-20)30-27(32)13-10-22-9-12-25(33-22)19-8-7-18(2)23(29)16-19/h3-16H,1-2H3,(H,30,32)/b13-10+. The maximum absolute atomic E-state index is 12.5. The van der Waals surface area contributed by atoms with Crippen molar-refractivity contribution >= 4 is 40.4 Å². The van der Waals surface area contributed by atoms with E-state index in [0.29, 0.717) is 28.1 Å². The average Bonchev–Trinajstić information content (AvgIpc) is 3.47. The number of oxazole rings is 1. The first-order valence-electron chi connectivity index (χ1n) is 10.8. The minimum absolute atomic E-state index is 0.276. The van der Waals surface area contributed by atoms with Crippen LogP contribution in [0.25, 0.3) is 40.0 Å². The monoisotopic (exact) mass is 468 g/mol. The number of halogens is 1. The molecule has 34 heavy (non-hydrogen) atoms. The van der Waals surface area contributed by atoms with Gasteiger partial charge in [0.15, 0.2) is 5.58 Å². The van der Waals surface area contributed by atoms with E-state index < -0.39 is 0 Å². The summed E-state index contributed by atoms with van der Waals surface area (Å²) in [5.74, 6) is 1.48. The summed E-state index contributed by atoms with van der Waals surface area (Å²) < 4.78 is 11.7. The lowest BCUT2D eigenvalue weighted by Gasteiger charge is -2.03. The summed E-state index contributed by atoms with van der Waals surface area (Å²) in [6.07, 6.45) is 3.06. The fourth-order valence-corrected chi connectivity index (χ4v) is 3.76. The highest BCUT2D eigenvalue weighted by Gasteiger charge is 2.10. The molecule has 0 radical (unpaired) electrons. The number of furan rings is 1. The quantitative estimate of drug-likeness (QED) is 0.268. The van der Waals surface area contributed by atoms with Crippen LogP contribution in [0.1, 0.15) is 16.9 Å². The molecular weight excluding hydrogens is 448 g/mol. The second-order valence-electron chi connectivity index (χ2n) is 8.06. The third-order valence-corrected chi connectivity index (χ3v) is 5.81. The van der Waals surface area contributed by atoms with Crippen LogP contribution in [0.4, 0.5) is 5.69 Å². The van der Waals surface area contributed by atoms with Gasteiger partial charge in [-0.25, -0.2) is 4.98 Å². The summed E-state index contributed by atoms with van der Waals surface area (Å²) in [6.45, 7) is 3.96. The highest BCUT2D eigenvalue weighted by Crippen LogP contribution is 2.28. The first-order valence-corrected chi connectivity index (χ1v) is 11.2. The van der Waals surface area contributed by atoms with Crippen LogP contribution in [0, 0.1) is 13.8 Å². The Morgan fingerprint density at radius 1 is 0.941 bits per heavy atom. The first kappa shape index (κ1) is 21.7. The maximum atomic E-state index is 12.5. The summed E-state index contributed by atoms with van der Waals surface area (Å²) in [5.41, 5.74) is 5.95. The number of anilines is 1. The summed E-state index contributed by atoms with van der Waals surface area (Å²) in [7, 11) is 0. The molecule has 5 rings (SSSR count). The largest absolute Gasteiger partial charge is 0.457 e. The lowest BCUT2D eigenvalue weighted by atomic mass is 10.1. The number of carbonyl (C=O) groups excluding carboxylic acids is 1. The van der Waals surface area contributed by atoms with Gasteiger partial charge in [0.2, 0.25) is 11.8 Å². The van der Waals surface area contributed by atoms with E-state index in [-0.39, 0.29) is 5.91 Å². The van der Waals surface area contributed by atoms with Gasteiger partial charge >= 0.3 is 0 Å². The summed E-state index contributed by atoms with van der Waals surface area (Å²) >= 11 is 6.21. The van der Waals surface area contributed by atoms with Gasteiger partial charge in [-0.2, -0.15) is 0 Å². The molecule has 0 atom stereocenters. The number of fused-ring (bicyclic) bond motifs is 1. The van der Waals surface area contributed by atoms with E-state index in [4.69, 9.17) is 20.4 Å². The smallest absolute Gasteiger partial charge is 0.248 e. The minimum Gasteiger partial charge on any atom is -0.457 e. The number of amides is 1. The van der Waals surface area contributed by atoms with E-state index in [1.165, 1.54) is 6.08 Å².